The maximum Gasteiger partial charge on any atom is 0.326 e. The average Bonchev–Trinajstić information content (AvgIpc) is 3.26. The normalized spacial score (nSPS) is 14.8. The van der Waals surface area contributed by atoms with Crippen LogP contribution in [-0.2, 0) is 27.2 Å². The minimum Gasteiger partial charge on any atom is -0.508 e. The predicted octanol–water partition coefficient (Wildman–Crippen LogP) is 0.328. The summed E-state index contributed by atoms with van der Waals surface area (Å²) in [6, 6.07) is 3.11. The van der Waals surface area contributed by atoms with E-state index in [4.69, 9.17) is 5.73 Å². The number of hydrogen-bond donors (Lipinski definition) is 6. The smallest absolute Gasteiger partial charge is 0.326 e. The summed E-state index contributed by atoms with van der Waals surface area (Å²) in [5.74, 6) is -2.38. The number of imidazole rings is 1. The molecule has 0 fully saturated rings. The lowest BCUT2D eigenvalue weighted by atomic mass is 9.98. The molecule has 0 unspecified atom stereocenters. The van der Waals surface area contributed by atoms with Gasteiger partial charge in [0.25, 0.3) is 0 Å². The van der Waals surface area contributed by atoms with Crippen molar-refractivity contribution in [3.8, 4) is 5.75 Å². The second-order valence-corrected chi connectivity index (χ2v) is 7.52. The predicted molar refractivity (Wildman–Crippen MR) is 113 cm³/mol. The lowest BCUT2D eigenvalue weighted by Crippen LogP contribution is -2.56. The fourth-order valence-corrected chi connectivity index (χ4v) is 2.95. The Labute approximate surface area is 180 Å². The summed E-state index contributed by atoms with van der Waals surface area (Å²) in [5, 5.41) is 24.1. The topological polar surface area (TPSA) is 170 Å². The molecule has 1 aromatic heterocycles. The minimum absolute atomic E-state index is 0.00727. The number of aromatic hydroxyl groups is 1. The number of aliphatic carboxylic acids is 1. The number of phenolic OH excluding ortho intramolecular Hbond substituents is 1. The van der Waals surface area contributed by atoms with E-state index in [1.807, 2.05) is 13.8 Å². The number of nitrogens with two attached hydrogens (primary N) is 1. The number of H-pyrrole nitrogens is 1. The Balaban J connectivity index is 2.18. The van der Waals surface area contributed by atoms with Crippen LogP contribution in [0.1, 0.15) is 31.5 Å². The molecule has 2 amide bonds. The molecular formula is C21H29N5O5. The summed E-state index contributed by atoms with van der Waals surface area (Å²) in [6.45, 7) is 3.75. The zero-order valence-electron chi connectivity index (χ0n) is 17.5. The Morgan fingerprint density at radius 1 is 1.10 bits per heavy atom. The van der Waals surface area contributed by atoms with Gasteiger partial charge in [-0.2, -0.15) is 0 Å². The number of aromatic amines is 1. The summed E-state index contributed by atoms with van der Waals surface area (Å²) in [5.41, 5.74) is 7.21. The van der Waals surface area contributed by atoms with Gasteiger partial charge in [-0.1, -0.05) is 32.4 Å². The van der Waals surface area contributed by atoms with E-state index < -0.39 is 35.9 Å². The fraction of sp³-hybridized carbons (Fsp3) is 0.429. The maximum absolute atomic E-state index is 13.0. The van der Waals surface area contributed by atoms with Crippen molar-refractivity contribution in [2.45, 2.75) is 51.2 Å². The Morgan fingerprint density at radius 2 is 1.74 bits per heavy atom. The number of carbonyl (C=O) groups is 3. The van der Waals surface area contributed by atoms with Crippen molar-refractivity contribution in [1.29, 1.82) is 0 Å². The number of carboxylic acids is 1. The summed E-state index contributed by atoms with van der Waals surface area (Å²) >= 11 is 0. The van der Waals surface area contributed by atoms with Crippen LogP contribution in [0.25, 0.3) is 0 Å². The third-order valence-corrected chi connectivity index (χ3v) is 5.16. The summed E-state index contributed by atoms with van der Waals surface area (Å²) in [7, 11) is 0. The number of hydrogen-bond acceptors (Lipinski definition) is 6. The number of benzene rings is 1. The second-order valence-electron chi connectivity index (χ2n) is 7.52. The van der Waals surface area contributed by atoms with Crippen molar-refractivity contribution >= 4 is 17.8 Å². The molecule has 168 valence electrons. The quantitative estimate of drug-likeness (QED) is 0.298. The molecule has 2 rings (SSSR count). The molecule has 1 aromatic carbocycles. The summed E-state index contributed by atoms with van der Waals surface area (Å²) < 4.78 is 0. The Morgan fingerprint density at radius 3 is 2.29 bits per heavy atom. The van der Waals surface area contributed by atoms with Crippen molar-refractivity contribution in [3.63, 3.8) is 0 Å². The highest BCUT2D eigenvalue weighted by molar-refractivity contribution is 5.92. The van der Waals surface area contributed by atoms with Crippen LogP contribution in [0.5, 0.6) is 5.75 Å². The van der Waals surface area contributed by atoms with Crippen molar-refractivity contribution < 1.29 is 24.6 Å². The number of aromatic nitrogens is 2. The molecule has 0 aliphatic rings. The highest BCUT2D eigenvalue weighted by Gasteiger charge is 2.29. The number of phenols is 1. The SMILES string of the molecule is CC[C@H](C)[C@H](N)C(=O)N[C@@H](Cc1ccc(O)cc1)C(=O)N[C@@H](Cc1cnc[nH]1)C(=O)O. The van der Waals surface area contributed by atoms with Crippen LogP contribution in [0.15, 0.2) is 36.8 Å². The van der Waals surface area contributed by atoms with Gasteiger partial charge in [0.05, 0.1) is 12.4 Å². The molecule has 4 atom stereocenters. The number of carboxylic acid groups (broad SMARTS) is 1. The van der Waals surface area contributed by atoms with Gasteiger partial charge in [0.15, 0.2) is 0 Å². The maximum atomic E-state index is 13.0. The van der Waals surface area contributed by atoms with Crippen LogP contribution in [-0.4, -0.2) is 56.1 Å². The van der Waals surface area contributed by atoms with Crippen LogP contribution in [0.3, 0.4) is 0 Å². The van der Waals surface area contributed by atoms with E-state index in [0.717, 1.165) is 0 Å². The van der Waals surface area contributed by atoms with E-state index in [2.05, 4.69) is 20.6 Å². The van der Waals surface area contributed by atoms with E-state index in [-0.39, 0.29) is 24.5 Å². The first kappa shape index (κ1) is 23.9. The number of amides is 2. The van der Waals surface area contributed by atoms with Crippen LogP contribution in [0.4, 0.5) is 0 Å². The number of rotatable bonds is 11. The first-order valence-corrected chi connectivity index (χ1v) is 10.1. The van der Waals surface area contributed by atoms with E-state index in [1.165, 1.54) is 24.7 Å². The Kier molecular flexibility index (Phi) is 8.56. The van der Waals surface area contributed by atoms with Gasteiger partial charge in [-0.25, -0.2) is 9.78 Å². The van der Waals surface area contributed by atoms with Gasteiger partial charge >= 0.3 is 5.97 Å². The Hall–Kier alpha value is -3.40. The van der Waals surface area contributed by atoms with E-state index >= 15 is 0 Å². The van der Waals surface area contributed by atoms with E-state index in [1.54, 1.807) is 12.1 Å². The highest BCUT2D eigenvalue weighted by Crippen LogP contribution is 2.13. The molecule has 10 nitrogen and oxygen atoms in total. The molecular weight excluding hydrogens is 402 g/mol. The van der Waals surface area contributed by atoms with Crippen LogP contribution in [0.2, 0.25) is 0 Å². The number of carbonyl (C=O) groups excluding carboxylic acids is 2. The standard InChI is InChI=1S/C21H29N5O5/c1-3-12(2)18(22)20(29)25-16(8-13-4-6-15(27)7-5-13)19(28)26-17(21(30)31)9-14-10-23-11-24-14/h4-7,10-12,16-18,27H,3,8-9,22H2,1-2H3,(H,23,24)(H,25,29)(H,26,28)(H,30,31)/t12-,16-,17-,18-/m0/s1. The molecule has 0 bridgehead atoms. The number of nitrogens with one attached hydrogen (secondary N) is 3. The van der Waals surface area contributed by atoms with Crippen LogP contribution in [0, 0.1) is 5.92 Å². The molecule has 7 N–H and O–H groups in total. The molecule has 0 radical (unpaired) electrons. The van der Waals surface area contributed by atoms with E-state index in [9.17, 15) is 24.6 Å². The van der Waals surface area contributed by atoms with Gasteiger partial charge in [-0.3, -0.25) is 9.59 Å². The van der Waals surface area contributed by atoms with E-state index in [0.29, 0.717) is 17.7 Å². The summed E-state index contributed by atoms with van der Waals surface area (Å²) in [4.78, 5) is 43.8. The molecule has 2 aromatic rings. The number of nitrogens with zero attached hydrogens (tertiary/aromatic N) is 1. The van der Waals surface area contributed by atoms with Gasteiger partial charge in [-0.05, 0) is 23.6 Å². The first-order chi connectivity index (χ1) is 14.7. The third-order valence-electron chi connectivity index (χ3n) is 5.16. The Bertz CT molecular complexity index is 869. The van der Waals surface area contributed by atoms with Crippen LogP contribution < -0.4 is 16.4 Å². The zero-order chi connectivity index (χ0) is 23.0. The molecule has 0 aliphatic heterocycles. The highest BCUT2D eigenvalue weighted by atomic mass is 16.4. The average molecular weight is 431 g/mol. The van der Waals surface area contributed by atoms with Gasteiger partial charge in [-0.15, -0.1) is 0 Å². The van der Waals surface area contributed by atoms with Crippen molar-refractivity contribution in [2.24, 2.45) is 11.7 Å². The zero-order valence-corrected chi connectivity index (χ0v) is 17.5. The fourth-order valence-electron chi connectivity index (χ4n) is 2.95. The minimum atomic E-state index is -1.21. The van der Waals surface area contributed by atoms with Gasteiger partial charge in [0.2, 0.25) is 11.8 Å². The molecule has 0 spiro atoms. The second kappa shape index (κ2) is 11.1. The summed E-state index contributed by atoms with van der Waals surface area (Å²) in [6.07, 6.45) is 3.69. The third kappa shape index (κ3) is 7.10. The van der Waals surface area contributed by atoms with Crippen molar-refractivity contribution in [1.82, 2.24) is 20.6 Å². The van der Waals surface area contributed by atoms with Crippen molar-refractivity contribution in [2.75, 3.05) is 0 Å². The van der Waals surface area contributed by atoms with Crippen molar-refractivity contribution in [3.05, 3.63) is 48.0 Å². The molecule has 31 heavy (non-hydrogen) atoms. The lowest BCUT2D eigenvalue weighted by Gasteiger charge is -2.24. The molecule has 1 heterocycles. The van der Waals surface area contributed by atoms with Crippen LogP contribution >= 0.6 is 0 Å². The van der Waals surface area contributed by atoms with Gasteiger partial charge in [0, 0.05) is 24.7 Å². The lowest BCUT2D eigenvalue weighted by molar-refractivity contribution is -0.142. The molecule has 10 heteroatoms. The molecule has 0 aliphatic carbocycles. The first-order valence-electron chi connectivity index (χ1n) is 10.1. The monoisotopic (exact) mass is 431 g/mol. The van der Waals surface area contributed by atoms with Gasteiger partial charge < -0.3 is 31.6 Å². The van der Waals surface area contributed by atoms with Gasteiger partial charge in [0.1, 0.15) is 17.8 Å². The molecule has 0 saturated carbocycles. The molecule has 0 saturated heterocycles. The largest absolute Gasteiger partial charge is 0.508 e.